The zero-order valence-electron chi connectivity index (χ0n) is 11.7. The summed E-state index contributed by atoms with van der Waals surface area (Å²) in [6.45, 7) is 3.89. The molecule has 0 saturated heterocycles. The van der Waals surface area contributed by atoms with Crippen LogP contribution in [0.25, 0.3) is 0 Å². The second kappa shape index (κ2) is 6.83. The molecule has 0 radical (unpaired) electrons. The van der Waals surface area contributed by atoms with Crippen LogP contribution in [0.2, 0.25) is 0 Å². The maximum absolute atomic E-state index is 13.0. The summed E-state index contributed by atoms with van der Waals surface area (Å²) in [6.07, 6.45) is 0. The van der Waals surface area contributed by atoms with Gasteiger partial charge < -0.3 is 10.6 Å². The highest BCUT2D eigenvalue weighted by atomic mass is 19.1. The Kier molecular flexibility index (Phi) is 5.72. The Morgan fingerprint density at radius 1 is 1.11 bits per heavy atom. The lowest BCUT2D eigenvalue weighted by Gasteiger charge is -2.32. The summed E-state index contributed by atoms with van der Waals surface area (Å²) in [5.74, 6) is -0.210. The number of likely N-dealkylation sites (N-methyl/N-ethyl adjacent to an activating group) is 2. The van der Waals surface area contributed by atoms with Crippen LogP contribution in [0.4, 0.5) is 4.39 Å². The standard InChI is InChI=1S/C14H24FN3/c1-11(16)14(18(4)10-9-17(2)3)12-5-7-13(15)8-6-12/h5-8,11,14H,9-10,16H2,1-4H3. The number of hydrogen-bond donors (Lipinski definition) is 1. The molecule has 2 atom stereocenters. The van der Waals surface area contributed by atoms with E-state index in [1.165, 1.54) is 12.1 Å². The van der Waals surface area contributed by atoms with Crippen molar-refractivity contribution in [2.45, 2.75) is 19.0 Å². The van der Waals surface area contributed by atoms with Crippen molar-refractivity contribution in [3.63, 3.8) is 0 Å². The SMILES string of the molecule is CC(N)C(c1ccc(F)cc1)N(C)CCN(C)C. The highest BCUT2D eigenvalue weighted by Gasteiger charge is 2.20. The van der Waals surface area contributed by atoms with Crippen LogP contribution in [0.5, 0.6) is 0 Å². The predicted octanol–water partition coefficient (Wildman–Crippen LogP) is 1.71. The predicted molar refractivity (Wildman–Crippen MR) is 74.0 cm³/mol. The Bertz CT molecular complexity index is 349. The third-order valence-electron chi connectivity index (χ3n) is 3.08. The molecule has 0 saturated carbocycles. The van der Waals surface area contributed by atoms with Crippen LogP contribution in [-0.2, 0) is 0 Å². The van der Waals surface area contributed by atoms with Gasteiger partial charge in [-0.05, 0) is 45.8 Å². The lowest BCUT2D eigenvalue weighted by Crippen LogP contribution is -2.40. The van der Waals surface area contributed by atoms with E-state index in [0.29, 0.717) is 0 Å². The smallest absolute Gasteiger partial charge is 0.123 e. The van der Waals surface area contributed by atoms with Crippen molar-refractivity contribution in [1.29, 1.82) is 0 Å². The number of benzene rings is 1. The lowest BCUT2D eigenvalue weighted by atomic mass is 9.99. The molecule has 0 aliphatic rings. The van der Waals surface area contributed by atoms with E-state index >= 15 is 0 Å². The van der Waals surface area contributed by atoms with E-state index < -0.39 is 0 Å². The third-order valence-corrected chi connectivity index (χ3v) is 3.08. The Hall–Kier alpha value is -0.970. The van der Waals surface area contributed by atoms with Gasteiger partial charge in [-0.2, -0.15) is 0 Å². The molecule has 0 spiro atoms. The van der Waals surface area contributed by atoms with Crippen molar-refractivity contribution >= 4 is 0 Å². The van der Waals surface area contributed by atoms with Crippen LogP contribution in [0.1, 0.15) is 18.5 Å². The van der Waals surface area contributed by atoms with Gasteiger partial charge in [0.1, 0.15) is 5.82 Å². The fraction of sp³-hybridized carbons (Fsp3) is 0.571. The number of nitrogens with two attached hydrogens (primary N) is 1. The number of halogens is 1. The molecular formula is C14H24FN3. The largest absolute Gasteiger partial charge is 0.326 e. The fourth-order valence-corrected chi connectivity index (χ4v) is 2.12. The van der Waals surface area contributed by atoms with E-state index in [4.69, 9.17) is 5.73 Å². The summed E-state index contributed by atoms with van der Waals surface area (Å²) in [5, 5.41) is 0. The first-order valence-electron chi connectivity index (χ1n) is 6.28. The monoisotopic (exact) mass is 253 g/mol. The van der Waals surface area contributed by atoms with Crippen LogP contribution in [0, 0.1) is 5.82 Å². The van der Waals surface area contributed by atoms with Crippen LogP contribution >= 0.6 is 0 Å². The molecule has 0 amide bonds. The van der Waals surface area contributed by atoms with E-state index in [-0.39, 0.29) is 17.9 Å². The lowest BCUT2D eigenvalue weighted by molar-refractivity contribution is 0.198. The van der Waals surface area contributed by atoms with E-state index in [1.807, 2.05) is 33.2 Å². The molecular weight excluding hydrogens is 229 g/mol. The molecule has 0 aromatic heterocycles. The molecule has 18 heavy (non-hydrogen) atoms. The van der Waals surface area contributed by atoms with E-state index in [1.54, 1.807) is 0 Å². The van der Waals surface area contributed by atoms with Gasteiger partial charge in [0.2, 0.25) is 0 Å². The van der Waals surface area contributed by atoms with Gasteiger partial charge >= 0.3 is 0 Å². The summed E-state index contributed by atoms with van der Waals surface area (Å²) in [4.78, 5) is 4.36. The molecule has 0 bridgehead atoms. The topological polar surface area (TPSA) is 32.5 Å². The molecule has 102 valence electrons. The minimum Gasteiger partial charge on any atom is -0.326 e. The van der Waals surface area contributed by atoms with Crippen molar-refractivity contribution in [1.82, 2.24) is 9.80 Å². The van der Waals surface area contributed by atoms with Crippen LogP contribution in [0.15, 0.2) is 24.3 Å². The van der Waals surface area contributed by atoms with Gasteiger partial charge in [-0.15, -0.1) is 0 Å². The molecule has 0 aliphatic carbocycles. The molecule has 1 rings (SSSR count). The van der Waals surface area contributed by atoms with Crippen molar-refractivity contribution < 1.29 is 4.39 Å². The average Bonchev–Trinajstić information content (AvgIpc) is 2.29. The van der Waals surface area contributed by atoms with Crippen molar-refractivity contribution in [2.75, 3.05) is 34.2 Å². The molecule has 0 aliphatic heterocycles. The maximum atomic E-state index is 13.0. The second-order valence-electron chi connectivity index (χ2n) is 5.14. The van der Waals surface area contributed by atoms with Gasteiger partial charge in [0.15, 0.2) is 0 Å². The van der Waals surface area contributed by atoms with Gasteiger partial charge in [0.05, 0.1) is 0 Å². The summed E-state index contributed by atoms with van der Waals surface area (Å²) in [6, 6.07) is 6.73. The number of hydrogen-bond acceptors (Lipinski definition) is 3. The van der Waals surface area contributed by atoms with Gasteiger partial charge in [-0.25, -0.2) is 4.39 Å². The highest BCUT2D eigenvalue weighted by molar-refractivity contribution is 5.21. The molecule has 2 unspecified atom stereocenters. The first kappa shape index (κ1) is 15.1. The Balaban J connectivity index is 2.78. The molecule has 1 aromatic rings. The third kappa shape index (κ3) is 4.37. The Morgan fingerprint density at radius 3 is 2.11 bits per heavy atom. The minimum absolute atomic E-state index is 0.00243. The van der Waals surface area contributed by atoms with Crippen LogP contribution in [0.3, 0.4) is 0 Å². The van der Waals surface area contributed by atoms with Crippen molar-refractivity contribution in [3.05, 3.63) is 35.6 Å². The molecule has 0 heterocycles. The quantitative estimate of drug-likeness (QED) is 0.837. The molecule has 2 N–H and O–H groups in total. The van der Waals surface area contributed by atoms with E-state index in [0.717, 1.165) is 18.7 Å². The first-order valence-corrected chi connectivity index (χ1v) is 6.28. The summed E-state index contributed by atoms with van der Waals surface area (Å²) < 4.78 is 13.0. The Labute approximate surface area is 109 Å². The zero-order chi connectivity index (χ0) is 13.7. The minimum atomic E-state index is -0.210. The van der Waals surface area contributed by atoms with E-state index in [2.05, 4.69) is 16.8 Å². The van der Waals surface area contributed by atoms with Gasteiger partial charge in [-0.1, -0.05) is 12.1 Å². The van der Waals surface area contributed by atoms with Crippen molar-refractivity contribution in [3.8, 4) is 0 Å². The number of nitrogens with zero attached hydrogens (tertiary/aromatic N) is 2. The summed E-state index contributed by atoms with van der Waals surface area (Å²) >= 11 is 0. The van der Waals surface area contributed by atoms with Gasteiger partial charge in [0, 0.05) is 25.2 Å². The summed E-state index contributed by atoms with van der Waals surface area (Å²) in [7, 11) is 6.15. The maximum Gasteiger partial charge on any atom is 0.123 e. The highest BCUT2D eigenvalue weighted by Crippen LogP contribution is 2.22. The molecule has 4 heteroatoms. The Morgan fingerprint density at radius 2 is 1.67 bits per heavy atom. The van der Waals surface area contributed by atoms with Gasteiger partial charge in [0.25, 0.3) is 0 Å². The fourth-order valence-electron chi connectivity index (χ4n) is 2.12. The normalized spacial score (nSPS) is 15.1. The van der Waals surface area contributed by atoms with Crippen LogP contribution < -0.4 is 5.73 Å². The zero-order valence-corrected chi connectivity index (χ0v) is 11.7. The second-order valence-corrected chi connectivity index (χ2v) is 5.14. The van der Waals surface area contributed by atoms with Gasteiger partial charge in [-0.3, -0.25) is 4.90 Å². The molecule has 3 nitrogen and oxygen atoms in total. The van der Waals surface area contributed by atoms with E-state index in [9.17, 15) is 4.39 Å². The van der Waals surface area contributed by atoms with Crippen molar-refractivity contribution in [2.24, 2.45) is 5.73 Å². The average molecular weight is 253 g/mol. The van der Waals surface area contributed by atoms with Crippen LogP contribution in [-0.4, -0.2) is 50.1 Å². The first-order chi connectivity index (χ1) is 8.41. The molecule has 0 fully saturated rings. The number of rotatable bonds is 6. The summed E-state index contributed by atoms with van der Waals surface area (Å²) in [5.41, 5.74) is 7.13. The molecule has 1 aromatic carbocycles.